The molecule has 2 fully saturated rings. The highest BCUT2D eigenvalue weighted by Crippen LogP contribution is 2.35. The molecule has 4 nitrogen and oxygen atoms in total. The first-order valence-electron chi connectivity index (χ1n) is 9.04. The van der Waals surface area contributed by atoms with Crippen LogP contribution in [0.5, 0.6) is 0 Å². The van der Waals surface area contributed by atoms with Crippen molar-refractivity contribution in [2.24, 2.45) is 5.92 Å². The highest BCUT2D eigenvalue weighted by molar-refractivity contribution is 5.82. The van der Waals surface area contributed by atoms with E-state index in [9.17, 15) is 4.79 Å². The van der Waals surface area contributed by atoms with Crippen LogP contribution in [0, 0.1) is 5.92 Å². The number of para-hydroxylation sites is 1. The maximum Gasteiger partial charge on any atom is 0.223 e. The number of nitrogens with zero attached hydrogens (tertiary/aromatic N) is 2. The van der Waals surface area contributed by atoms with E-state index in [-0.39, 0.29) is 0 Å². The molecule has 23 heavy (non-hydrogen) atoms. The molecule has 4 heteroatoms. The Labute approximate surface area is 137 Å². The van der Waals surface area contributed by atoms with Crippen molar-refractivity contribution >= 4 is 16.8 Å². The van der Waals surface area contributed by atoms with Crippen molar-refractivity contribution in [1.29, 1.82) is 0 Å². The van der Waals surface area contributed by atoms with Crippen molar-refractivity contribution < 1.29 is 4.79 Å². The molecule has 1 aromatic carbocycles. The number of H-pyrrole nitrogens is 1. The SMILES string of the molecule is O=C(CCc1[nH]nc2ccccc12)N1CCCC2CCCCC21. The van der Waals surface area contributed by atoms with Crippen molar-refractivity contribution in [3.8, 4) is 0 Å². The number of rotatable bonds is 3. The van der Waals surface area contributed by atoms with Gasteiger partial charge in [-0.1, -0.05) is 31.0 Å². The Kier molecular flexibility index (Phi) is 4.06. The fraction of sp³-hybridized carbons (Fsp3) is 0.579. The van der Waals surface area contributed by atoms with Gasteiger partial charge < -0.3 is 4.90 Å². The predicted octanol–water partition coefficient (Wildman–Crippen LogP) is 3.68. The highest BCUT2D eigenvalue weighted by atomic mass is 16.2. The fourth-order valence-electron chi connectivity index (χ4n) is 4.51. The first kappa shape index (κ1) is 14.7. The van der Waals surface area contributed by atoms with Crippen LogP contribution in [-0.2, 0) is 11.2 Å². The minimum Gasteiger partial charge on any atom is -0.339 e. The lowest BCUT2D eigenvalue weighted by Crippen LogP contribution is -2.49. The maximum absolute atomic E-state index is 12.8. The summed E-state index contributed by atoms with van der Waals surface area (Å²) in [5.74, 6) is 1.09. The van der Waals surface area contributed by atoms with E-state index in [0.29, 0.717) is 18.4 Å². The van der Waals surface area contributed by atoms with Gasteiger partial charge in [0, 0.05) is 30.1 Å². The van der Waals surface area contributed by atoms with Crippen LogP contribution < -0.4 is 0 Å². The molecule has 1 amide bonds. The number of carbonyl (C=O) groups excluding carboxylic acids is 1. The summed E-state index contributed by atoms with van der Waals surface area (Å²) in [7, 11) is 0. The fourth-order valence-corrected chi connectivity index (χ4v) is 4.51. The molecule has 1 aliphatic heterocycles. The van der Waals surface area contributed by atoms with Crippen LogP contribution in [-0.4, -0.2) is 33.6 Å². The normalized spacial score (nSPS) is 24.6. The number of aromatic nitrogens is 2. The summed E-state index contributed by atoms with van der Waals surface area (Å²) in [6.07, 6.45) is 9.02. The number of hydrogen-bond donors (Lipinski definition) is 1. The zero-order valence-corrected chi connectivity index (χ0v) is 13.6. The molecular weight excluding hydrogens is 286 g/mol. The van der Waals surface area contributed by atoms with E-state index in [4.69, 9.17) is 0 Å². The number of aromatic amines is 1. The molecule has 2 aromatic rings. The van der Waals surface area contributed by atoms with Crippen molar-refractivity contribution in [2.75, 3.05) is 6.54 Å². The smallest absolute Gasteiger partial charge is 0.223 e. The van der Waals surface area contributed by atoms with E-state index in [1.54, 1.807) is 0 Å². The number of fused-ring (bicyclic) bond motifs is 2. The van der Waals surface area contributed by atoms with E-state index in [0.717, 1.165) is 35.5 Å². The summed E-state index contributed by atoms with van der Waals surface area (Å²) in [5.41, 5.74) is 2.08. The van der Waals surface area contributed by atoms with Crippen LogP contribution in [0.3, 0.4) is 0 Å². The van der Waals surface area contributed by atoms with E-state index in [1.165, 1.54) is 38.5 Å². The lowest BCUT2D eigenvalue weighted by atomic mass is 9.78. The van der Waals surface area contributed by atoms with Gasteiger partial charge in [0.2, 0.25) is 5.91 Å². The first-order chi connectivity index (χ1) is 11.3. The van der Waals surface area contributed by atoms with Gasteiger partial charge in [-0.2, -0.15) is 5.10 Å². The third-order valence-corrected chi connectivity index (χ3v) is 5.69. The molecule has 0 spiro atoms. The first-order valence-corrected chi connectivity index (χ1v) is 9.04. The molecule has 2 aliphatic rings. The quantitative estimate of drug-likeness (QED) is 0.940. The van der Waals surface area contributed by atoms with E-state index in [1.807, 2.05) is 18.2 Å². The summed E-state index contributed by atoms with van der Waals surface area (Å²) in [6.45, 7) is 0.962. The molecule has 1 saturated carbocycles. The van der Waals surface area contributed by atoms with E-state index < -0.39 is 0 Å². The molecule has 0 bridgehead atoms. The molecule has 1 N–H and O–H groups in total. The molecule has 1 saturated heterocycles. The summed E-state index contributed by atoms with van der Waals surface area (Å²) in [4.78, 5) is 15.0. The summed E-state index contributed by atoms with van der Waals surface area (Å²) in [6, 6.07) is 8.63. The Morgan fingerprint density at radius 3 is 2.96 bits per heavy atom. The Bertz CT molecular complexity index is 691. The average molecular weight is 311 g/mol. The van der Waals surface area contributed by atoms with Crippen LogP contribution in [0.25, 0.3) is 10.9 Å². The molecule has 1 aromatic heterocycles. The number of amides is 1. The molecular formula is C19H25N3O. The molecule has 4 rings (SSSR count). The molecule has 2 atom stereocenters. The average Bonchev–Trinajstić information content (AvgIpc) is 3.02. The molecule has 2 unspecified atom stereocenters. The van der Waals surface area contributed by atoms with Crippen LogP contribution in [0.15, 0.2) is 24.3 Å². The van der Waals surface area contributed by atoms with Crippen LogP contribution in [0.1, 0.15) is 50.6 Å². The van der Waals surface area contributed by atoms with Crippen molar-refractivity contribution in [3.63, 3.8) is 0 Å². The predicted molar refractivity (Wildman–Crippen MR) is 91.1 cm³/mol. The second kappa shape index (κ2) is 6.34. The van der Waals surface area contributed by atoms with Crippen molar-refractivity contribution in [1.82, 2.24) is 15.1 Å². The van der Waals surface area contributed by atoms with Gasteiger partial charge in [-0.05, 0) is 44.1 Å². The van der Waals surface area contributed by atoms with Crippen molar-refractivity contribution in [3.05, 3.63) is 30.0 Å². The third kappa shape index (κ3) is 2.87. The second-order valence-corrected chi connectivity index (χ2v) is 7.06. The monoisotopic (exact) mass is 311 g/mol. The largest absolute Gasteiger partial charge is 0.339 e. The number of carbonyl (C=O) groups is 1. The highest BCUT2D eigenvalue weighted by Gasteiger charge is 2.35. The van der Waals surface area contributed by atoms with Gasteiger partial charge in [0.15, 0.2) is 0 Å². The van der Waals surface area contributed by atoms with Gasteiger partial charge in [-0.3, -0.25) is 9.89 Å². The number of likely N-dealkylation sites (tertiary alicyclic amines) is 1. The number of aryl methyl sites for hydroxylation is 1. The van der Waals surface area contributed by atoms with Crippen LogP contribution in [0.4, 0.5) is 0 Å². The minimum absolute atomic E-state index is 0.334. The standard InChI is InChI=1S/C19H25N3O/c23-19(22-13-5-7-14-6-1-4-10-18(14)22)12-11-17-15-8-2-3-9-16(15)20-21-17/h2-3,8-9,14,18H,1,4-7,10-13H2,(H,20,21). The zero-order valence-electron chi connectivity index (χ0n) is 13.6. The summed E-state index contributed by atoms with van der Waals surface area (Å²) in [5, 5.41) is 8.58. The summed E-state index contributed by atoms with van der Waals surface area (Å²) < 4.78 is 0. The number of nitrogens with one attached hydrogen (secondary N) is 1. The van der Waals surface area contributed by atoms with Gasteiger partial charge in [0.05, 0.1) is 5.52 Å². The Morgan fingerprint density at radius 2 is 2.00 bits per heavy atom. The van der Waals surface area contributed by atoms with Gasteiger partial charge in [-0.15, -0.1) is 0 Å². The van der Waals surface area contributed by atoms with Gasteiger partial charge in [-0.25, -0.2) is 0 Å². The van der Waals surface area contributed by atoms with Gasteiger partial charge in [0.25, 0.3) is 0 Å². The molecule has 1 aliphatic carbocycles. The topological polar surface area (TPSA) is 49.0 Å². The van der Waals surface area contributed by atoms with Gasteiger partial charge in [0.1, 0.15) is 0 Å². The second-order valence-electron chi connectivity index (χ2n) is 7.06. The lowest BCUT2D eigenvalue weighted by molar-refractivity contribution is -0.137. The van der Waals surface area contributed by atoms with E-state index >= 15 is 0 Å². The number of piperidine rings is 1. The lowest BCUT2D eigenvalue weighted by Gasteiger charge is -2.44. The van der Waals surface area contributed by atoms with Crippen molar-refractivity contribution in [2.45, 2.75) is 57.4 Å². The Balaban J connectivity index is 1.43. The summed E-state index contributed by atoms with van der Waals surface area (Å²) >= 11 is 0. The molecule has 0 radical (unpaired) electrons. The number of hydrogen-bond acceptors (Lipinski definition) is 2. The Hall–Kier alpha value is -1.84. The number of benzene rings is 1. The molecule has 2 heterocycles. The van der Waals surface area contributed by atoms with Gasteiger partial charge >= 0.3 is 0 Å². The molecule has 122 valence electrons. The third-order valence-electron chi connectivity index (χ3n) is 5.69. The minimum atomic E-state index is 0.334. The Morgan fingerprint density at radius 1 is 1.17 bits per heavy atom. The van der Waals surface area contributed by atoms with Crippen LogP contribution >= 0.6 is 0 Å². The van der Waals surface area contributed by atoms with Crippen LogP contribution in [0.2, 0.25) is 0 Å². The maximum atomic E-state index is 12.8. The van der Waals surface area contributed by atoms with E-state index in [2.05, 4.69) is 21.2 Å². The zero-order chi connectivity index (χ0) is 15.6.